The van der Waals surface area contributed by atoms with Gasteiger partial charge in [0, 0.05) is 10.0 Å². The normalized spacial score (nSPS) is 10.3. The summed E-state index contributed by atoms with van der Waals surface area (Å²) in [6, 6.07) is 16.6. The standard InChI is InChI=1S/C16H13BrN4O2/c17-11-3-7-13(8-4-11)23-12-5-1-10(2-6-12)14-9-15(21-20-14)16(22)19-18/h1-9H,18H2,(H,19,22)(H,20,21). The van der Waals surface area contributed by atoms with E-state index in [0.29, 0.717) is 17.1 Å². The number of halogens is 1. The van der Waals surface area contributed by atoms with E-state index in [9.17, 15) is 4.79 Å². The first-order valence-corrected chi connectivity index (χ1v) is 7.55. The smallest absolute Gasteiger partial charge is 0.283 e. The van der Waals surface area contributed by atoms with Crippen LogP contribution in [0.3, 0.4) is 0 Å². The van der Waals surface area contributed by atoms with Gasteiger partial charge in [0.05, 0.1) is 5.69 Å². The van der Waals surface area contributed by atoms with Crippen LogP contribution in [-0.2, 0) is 0 Å². The quantitative estimate of drug-likeness (QED) is 0.372. The summed E-state index contributed by atoms with van der Waals surface area (Å²) in [5, 5.41) is 6.73. The van der Waals surface area contributed by atoms with Crippen molar-refractivity contribution in [1.82, 2.24) is 15.6 Å². The highest BCUT2D eigenvalue weighted by Gasteiger charge is 2.09. The molecule has 0 saturated carbocycles. The Labute approximate surface area is 140 Å². The fourth-order valence-electron chi connectivity index (χ4n) is 2.00. The molecule has 0 radical (unpaired) electrons. The summed E-state index contributed by atoms with van der Waals surface area (Å²) in [5.74, 6) is 6.14. The van der Waals surface area contributed by atoms with Crippen molar-refractivity contribution in [2.75, 3.05) is 0 Å². The molecule has 1 aromatic heterocycles. The monoisotopic (exact) mass is 372 g/mol. The third-order valence-electron chi connectivity index (χ3n) is 3.15. The summed E-state index contributed by atoms with van der Waals surface area (Å²) in [7, 11) is 0. The van der Waals surface area contributed by atoms with Gasteiger partial charge in [-0.05, 0) is 54.6 Å². The van der Waals surface area contributed by atoms with Crippen molar-refractivity contribution in [2.45, 2.75) is 0 Å². The number of benzene rings is 2. The van der Waals surface area contributed by atoms with Gasteiger partial charge in [0.2, 0.25) is 0 Å². The Morgan fingerprint density at radius 1 is 1.09 bits per heavy atom. The molecule has 0 bridgehead atoms. The molecule has 6 nitrogen and oxygen atoms in total. The van der Waals surface area contributed by atoms with E-state index in [-0.39, 0.29) is 0 Å². The van der Waals surface area contributed by atoms with Gasteiger partial charge in [-0.3, -0.25) is 15.3 Å². The Bertz CT molecular complexity index is 813. The Morgan fingerprint density at radius 2 is 1.70 bits per heavy atom. The van der Waals surface area contributed by atoms with Crippen LogP contribution in [0.25, 0.3) is 11.3 Å². The van der Waals surface area contributed by atoms with E-state index < -0.39 is 5.91 Å². The van der Waals surface area contributed by atoms with Gasteiger partial charge >= 0.3 is 0 Å². The average molecular weight is 373 g/mol. The first-order chi connectivity index (χ1) is 11.2. The minimum absolute atomic E-state index is 0.303. The van der Waals surface area contributed by atoms with E-state index in [2.05, 4.69) is 31.6 Å². The van der Waals surface area contributed by atoms with Crippen LogP contribution in [0.2, 0.25) is 0 Å². The van der Waals surface area contributed by atoms with Crippen LogP contribution >= 0.6 is 15.9 Å². The second kappa shape index (κ2) is 6.64. The molecule has 0 fully saturated rings. The number of aromatic amines is 1. The molecule has 0 aliphatic carbocycles. The molecular formula is C16H13BrN4O2. The number of carbonyl (C=O) groups excluding carboxylic acids is 1. The van der Waals surface area contributed by atoms with Gasteiger partial charge in [-0.1, -0.05) is 15.9 Å². The summed E-state index contributed by atoms with van der Waals surface area (Å²) >= 11 is 3.38. The predicted molar refractivity (Wildman–Crippen MR) is 89.9 cm³/mol. The number of carbonyl (C=O) groups is 1. The molecule has 116 valence electrons. The molecule has 7 heteroatoms. The number of hydrogen-bond donors (Lipinski definition) is 3. The van der Waals surface area contributed by atoms with Crippen LogP contribution in [0.1, 0.15) is 10.5 Å². The second-order valence-electron chi connectivity index (χ2n) is 4.72. The van der Waals surface area contributed by atoms with Gasteiger partial charge in [-0.25, -0.2) is 5.84 Å². The van der Waals surface area contributed by atoms with Gasteiger partial charge < -0.3 is 4.74 Å². The van der Waals surface area contributed by atoms with Crippen LogP contribution in [0.15, 0.2) is 59.1 Å². The number of hydrogen-bond acceptors (Lipinski definition) is 4. The largest absolute Gasteiger partial charge is 0.457 e. The summed E-state index contributed by atoms with van der Waals surface area (Å²) in [6.07, 6.45) is 0. The van der Waals surface area contributed by atoms with E-state index >= 15 is 0 Å². The first kappa shape index (κ1) is 15.3. The maximum atomic E-state index is 11.4. The number of ether oxygens (including phenoxy) is 1. The number of hydrazine groups is 1. The molecule has 3 aromatic rings. The number of nitrogens with one attached hydrogen (secondary N) is 2. The molecule has 1 heterocycles. The summed E-state index contributed by atoms with van der Waals surface area (Å²) in [5.41, 5.74) is 3.87. The Balaban J connectivity index is 1.75. The maximum Gasteiger partial charge on any atom is 0.283 e. The van der Waals surface area contributed by atoms with E-state index in [0.717, 1.165) is 15.8 Å². The van der Waals surface area contributed by atoms with E-state index in [1.807, 2.05) is 48.5 Å². The summed E-state index contributed by atoms with van der Waals surface area (Å²) < 4.78 is 6.75. The Kier molecular flexibility index (Phi) is 4.40. The van der Waals surface area contributed by atoms with Crippen molar-refractivity contribution >= 4 is 21.8 Å². The number of nitrogen functional groups attached to an aromatic ring is 1. The molecule has 0 unspecified atom stereocenters. The Hall–Kier alpha value is -2.64. The molecule has 0 saturated heterocycles. The highest BCUT2D eigenvalue weighted by Crippen LogP contribution is 2.26. The third kappa shape index (κ3) is 3.58. The topological polar surface area (TPSA) is 93.0 Å². The number of nitrogens with two attached hydrogens (primary N) is 1. The molecule has 0 aliphatic rings. The maximum absolute atomic E-state index is 11.4. The van der Waals surface area contributed by atoms with Gasteiger partial charge in [-0.15, -0.1) is 0 Å². The van der Waals surface area contributed by atoms with Crippen LogP contribution in [-0.4, -0.2) is 16.1 Å². The fraction of sp³-hybridized carbons (Fsp3) is 0. The zero-order valence-electron chi connectivity index (χ0n) is 11.9. The number of rotatable bonds is 4. The van der Waals surface area contributed by atoms with E-state index in [4.69, 9.17) is 10.6 Å². The van der Waals surface area contributed by atoms with Crippen molar-refractivity contribution < 1.29 is 9.53 Å². The van der Waals surface area contributed by atoms with Gasteiger partial charge in [0.25, 0.3) is 5.91 Å². The van der Waals surface area contributed by atoms with E-state index in [1.54, 1.807) is 6.07 Å². The lowest BCUT2D eigenvalue weighted by Gasteiger charge is -2.06. The van der Waals surface area contributed by atoms with E-state index in [1.165, 1.54) is 0 Å². The van der Waals surface area contributed by atoms with Crippen LogP contribution in [0.4, 0.5) is 0 Å². The van der Waals surface area contributed by atoms with Crippen molar-refractivity contribution in [2.24, 2.45) is 5.84 Å². The molecule has 3 rings (SSSR count). The highest BCUT2D eigenvalue weighted by atomic mass is 79.9. The molecule has 0 spiro atoms. The number of aromatic nitrogens is 2. The average Bonchev–Trinajstić information content (AvgIpc) is 3.07. The molecule has 0 atom stereocenters. The zero-order valence-corrected chi connectivity index (χ0v) is 13.5. The first-order valence-electron chi connectivity index (χ1n) is 6.76. The minimum atomic E-state index is -0.418. The number of amides is 1. The lowest BCUT2D eigenvalue weighted by Crippen LogP contribution is -2.30. The molecule has 4 N–H and O–H groups in total. The molecule has 1 amide bonds. The van der Waals surface area contributed by atoms with Crippen molar-refractivity contribution in [1.29, 1.82) is 0 Å². The number of H-pyrrole nitrogens is 1. The minimum Gasteiger partial charge on any atom is -0.457 e. The number of nitrogens with zero attached hydrogens (tertiary/aromatic N) is 1. The lowest BCUT2D eigenvalue weighted by atomic mass is 10.1. The summed E-state index contributed by atoms with van der Waals surface area (Å²) in [4.78, 5) is 11.4. The molecular weight excluding hydrogens is 360 g/mol. The van der Waals surface area contributed by atoms with Crippen LogP contribution in [0.5, 0.6) is 11.5 Å². The van der Waals surface area contributed by atoms with Gasteiger partial charge in [0.1, 0.15) is 17.2 Å². The van der Waals surface area contributed by atoms with Crippen molar-refractivity contribution in [3.8, 4) is 22.8 Å². The van der Waals surface area contributed by atoms with Crippen LogP contribution in [0, 0.1) is 0 Å². The van der Waals surface area contributed by atoms with Gasteiger partial charge in [0.15, 0.2) is 0 Å². The molecule has 0 aliphatic heterocycles. The Morgan fingerprint density at radius 3 is 2.30 bits per heavy atom. The van der Waals surface area contributed by atoms with Crippen LogP contribution < -0.4 is 16.0 Å². The SMILES string of the molecule is NNC(=O)c1cc(-c2ccc(Oc3ccc(Br)cc3)cc2)n[nH]1. The lowest BCUT2D eigenvalue weighted by molar-refractivity contribution is 0.0948. The molecule has 2 aromatic carbocycles. The summed E-state index contributed by atoms with van der Waals surface area (Å²) in [6.45, 7) is 0. The highest BCUT2D eigenvalue weighted by molar-refractivity contribution is 9.10. The van der Waals surface area contributed by atoms with Crippen molar-refractivity contribution in [3.63, 3.8) is 0 Å². The fourth-order valence-corrected chi connectivity index (χ4v) is 2.26. The second-order valence-corrected chi connectivity index (χ2v) is 5.64. The third-order valence-corrected chi connectivity index (χ3v) is 3.68. The van der Waals surface area contributed by atoms with Crippen molar-refractivity contribution in [3.05, 3.63) is 64.8 Å². The predicted octanol–water partition coefficient (Wildman–Crippen LogP) is 3.24. The molecule has 23 heavy (non-hydrogen) atoms. The van der Waals surface area contributed by atoms with Gasteiger partial charge in [-0.2, -0.15) is 5.10 Å². The zero-order chi connectivity index (χ0) is 16.2.